The first kappa shape index (κ1) is 19.3. The monoisotopic (exact) mass is 427 g/mol. The van der Waals surface area contributed by atoms with Gasteiger partial charge in [-0.05, 0) is 30.7 Å². The van der Waals surface area contributed by atoms with Crippen molar-refractivity contribution in [1.29, 1.82) is 0 Å². The Kier molecular flexibility index (Phi) is 7.26. The van der Waals surface area contributed by atoms with Crippen molar-refractivity contribution < 1.29 is 9.59 Å². The number of benzene rings is 1. The van der Waals surface area contributed by atoms with Gasteiger partial charge >= 0.3 is 5.69 Å². The van der Waals surface area contributed by atoms with E-state index in [9.17, 15) is 14.4 Å². The van der Waals surface area contributed by atoms with Gasteiger partial charge in [0.25, 0.3) is 5.91 Å². The van der Waals surface area contributed by atoms with E-state index in [-0.39, 0.29) is 11.4 Å². The molecule has 134 valence electrons. The third-order valence-electron chi connectivity index (χ3n) is 3.21. The van der Waals surface area contributed by atoms with Crippen molar-refractivity contribution in [3.8, 4) is 0 Å². The Balaban J connectivity index is 1.82. The number of carbonyl (C=O) groups excluding carboxylic acids is 2. The van der Waals surface area contributed by atoms with Crippen LogP contribution in [0.1, 0.15) is 30.1 Å². The number of nitrogens with zero attached hydrogens (tertiary/aromatic N) is 2. The topological polar surface area (TPSA) is 109 Å². The second kappa shape index (κ2) is 9.42. The van der Waals surface area contributed by atoms with Crippen LogP contribution in [0.4, 0.5) is 0 Å². The van der Waals surface area contributed by atoms with E-state index in [0.29, 0.717) is 17.3 Å². The molecular formula is C15H18BrN5O3S. The van der Waals surface area contributed by atoms with Gasteiger partial charge in [-0.15, -0.1) is 5.10 Å². The van der Waals surface area contributed by atoms with Crippen LogP contribution in [0.3, 0.4) is 0 Å². The SMILES string of the molecule is CCCCn1c(SCC(=O)NNC(=O)c2ccc(Br)cc2)n[nH]c1=O. The summed E-state index contributed by atoms with van der Waals surface area (Å²) in [7, 11) is 0. The molecule has 8 nitrogen and oxygen atoms in total. The van der Waals surface area contributed by atoms with E-state index >= 15 is 0 Å². The maximum absolute atomic E-state index is 11.9. The number of rotatable bonds is 7. The molecule has 0 aliphatic rings. The maximum Gasteiger partial charge on any atom is 0.343 e. The number of nitrogens with one attached hydrogen (secondary N) is 3. The van der Waals surface area contributed by atoms with E-state index < -0.39 is 11.8 Å². The average molecular weight is 428 g/mol. The van der Waals surface area contributed by atoms with Gasteiger partial charge in [-0.25, -0.2) is 9.89 Å². The summed E-state index contributed by atoms with van der Waals surface area (Å²) in [6.45, 7) is 2.58. The molecule has 0 bridgehead atoms. The number of halogens is 1. The van der Waals surface area contributed by atoms with Gasteiger partial charge in [0, 0.05) is 16.6 Å². The Morgan fingerprint density at radius 2 is 2.00 bits per heavy atom. The first-order valence-corrected chi connectivity index (χ1v) is 9.42. The molecule has 0 radical (unpaired) electrons. The molecule has 1 aromatic heterocycles. The molecule has 3 N–H and O–H groups in total. The highest BCUT2D eigenvalue weighted by Crippen LogP contribution is 2.13. The highest BCUT2D eigenvalue weighted by atomic mass is 79.9. The predicted molar refractivity (Wildman–Crippen MR) is 98.2 cm³/mol. The number of aromatic nitrogens is 3. The highest BCUT2D eigenvalue weighted by Gasteiger charge is 2.12. The lowest BCUT2D eigenvalue weighted by Gasteiger charge is -2.08. The molecule has 10 heteroatoms. The first-order chi connectivity index (χ1) is 12.0. The molecule has 2 amide bonds. The Labute approximate surface area is 156 Å². The number of hydrazine groups is 1. The molecule has 0 spiro atoms. The minimum atomic E-state index is -0.412. The second-order valence-corrected chi connectivity index (χ2v) is 6.97. The summed E-state index contributed by atoms with van der Waals surface area (Å²) in [5, 5.41) is 6.74. The standard InChI is InChI=1S/C15H18BrN5O3S/c1-2-3-8-21-14(24)19-20-15(21)25-9-12(22)17-18-13(23)10-4-6-11(16)7-5-10/h4-7H,2-3,8-9H2,1H3,(H,17,22)(H,18,23)(H,19,24). The Bertz CT molecular complexity index is 787. The molecule has 2 aromatic rings. The van der Waals surface area contributed by atoms with Crippen molar-refractivity contribution in [3.63, 3.8) is 0 Å². The van der Waals surface area contributed by atoms with Gasteiger partial charge in [0.15, 0.2) is 5.16 Å². The quantitative estimate of drug-likeness (QED) is 0.460. The fraction of sp³-hybridized carbons (Fsp3) is 0.333. The molecule has 0 saturated carbocycles. The van der Waals surface area contributed by atoms with Crippen molar-refractivity contribution in [2.45, 2.75) is 31.5 Å². The van der Waals surface area contributed by atoms with Crippen molar-refractivity contribution in [1.82, 2.24) is 25.6 Å². The van der Waals surface area contributed by atoms with E-state index in [0.717, 1.165) is 29.1 Å². The number of hydrogen-bond acceptors (Lipinski definition) is 5. The molecule has 0 atom stereocenters. The van der Waals surface area contributed by atoms with Gasteiger partial charge in [-0.3, -0.25) is 25.0 Å². The summed E-state index contributed by atoms with van der Waals surface area (Å²) in [4.78, 5) is 35.4. The van der Waals surface area contributed by atoms with E-state index in [1.807, 2.05) is 6.92 Å². The van der Waals surface area contributed by atoms with Crippen molar-refractivity contribution >= 4 is 39.5 Å². The predicted octanol–water partition coefficient (Wildman–Crippen LogP) is 1.69. The number of hydrogen-bond donors (Lipinski definition) is 3. The van der Waals surface area contributed by atoms with Gasteiger partial charge in [-0.1, -0.05) is 41.0 Å². The number of amides is 2. The zero-order valence-electron chi connectivity index (χ0n) is 13.5. The van der Waals surface area contributed by atoms with Crippen LogP contribution in [0.5, 0.6) is 0 Å². The highest BCUT2D eigenvalue weighted by molar-refractivity contribution is 9.10. The molecule has 2 rings (SSSR count). The minimum Gasteiger partial charge on any atom is -0.272 e. The van der Waals surface area contributed by atoms with Gasteiger partial charge in [0.05, 0.1) is 5.75 Å². The van der Waals surface area contributed by atoms with E-state index in [2.05, 4.69) is 37.0 Å². The Hall–Kier alpha value is -2.07. The summed E-state index contributed by atoms with van der Waals surface area (Å²) >= 11 is 4.41. The smallest absolute Gasteiger partial charge is 0.272 e. The van der Waals surface area contributed by atoms with Crippen LogP contribution in [0.15, 0.2) is 38.7 Å². The molecule has 25 heavy (non-hydrogen) atoms. The van der Waals surface area contributed by atoms with Gasteiger partial charge < -0.3 is 0 Å². The molecule has 1 heterocycles. The van der Waals surface area contributed by atoms with E-state index in [4.69, 9.17) is 0 Å². The number of H-pyrrole nitrogens is 1. The zero-order chi connectivity index (χ0) is 18.2. The molecule has 1 aromatic carbocycles. The van der Waals surface area contributed by atoms with Gasteiger partial charge in [-0.2, -0.15) is 0 Å². The molecule has 0 unspecified atom stereocenters. The summed E-state index contributed by atoms with van der Waals surface area (Å²) in [6.07, 6.45) is 1.80. The van der Waals surface area contributed by atoms with Crippen molar-refractivity contribution in [2.24, 2.45) is 0 Å². The number of carbonyl (C=O) groups is 2. The van der Waals surface area contributed by atoms with Crippen LogP contribution in [0.25, 0.3) is 0 Å². The fourth-order valence-corrected chi connectivity index (χ4v) is 2.93. The fourth-order valence-electron chi connectivity index (χ4n) is 1.89. The van der Waals surface area contributed by atoms with Crippen LogP contribution in [0, 0.1) is 0 Å². The number of thioether (sulfide) groups is 1. The summed E-state index contributed by atoms with van der Waals surface area (Å²) in [5.74, 6) is -0.782. The largest absolute Gasteiger partial charge is 0.343 e. The lowest BCUT2D eigenvalue weighted by molar-refractivity contribution is -0.119. The summed E-state index contributed by atoms with van der Waals surface area (Å²) in [6, 6.07) is 6.74. The first-order valence-electron chi connectivity index (χ1n) is 7.64. The third-order valence-corrected chi connectivity index (χ3v) is 4.72. The van der Waals surface area contributed by atoms with E-state index in [1.165, 1.54) is 4.57 Å². The molecule has 0 saturated heterocycles. The van der Waals surface area contributed by atoms with Crippen LogP contribution in [-0.2, 0) is 11.3 Å². The molecule has 0 aliphatic carbocycles. The lowest BCUT2D eigenvalue weighted by atomic mass is 10.2. The van der Waals surface area contributed by atoms with Crippen LogP contribution < -0.4 is 16.5 Å². The summed E-state index contributed by atoms with van der Waals surface area (Å²) < 4.78 is 2.36. The van der Waals surface area contributed by atoms with Gasteiger partial charge in [0.2, 0.25) is 5.91 Å². The molecule has 0 fully saturated rings. The minimum absolute atomic E-state index is 0.0248. The van der Waals surface area contributed by atoms with Crippen molar-refractivity contribution in [3.05, 3.63) is 44.8 Å². The van der Waals surface area contributed by atoms with Crippen LogP contribution >= 0.6 is 27.7 Å². The maximum atomic E-state index is 11.9. The van der Waals surface area contributed by atoms with E-state index in [1.54, 1.807) is 24.3 Å². The third kappa shape index (κ3) is 5.75. The summed E-state index contributed by atoms with van der Waals surface area (Å²) in [5.41, 5.74) is 4.82. The number of unbranched alkanes of at least 4 members (excludes halogenated alkanes) is 1. The Morgan fingerprint density at radius 1 is 1.28 bits per heavy atom. The van der Waals surface area contributed by atoms with Crippen LogP contribution in [0.2, 0.25) is 0 Å². The van der Waals surface area contributed by atoms with Gasteiger partial charge in [0.1, 0.15) is 0 Å². The average Bonchev–Trinajstić information content (AvgIpc) is 2.96. The number of aromatic amines is 1. The molecule has 0 aliphatic heterocycles. The Morgan fingerprint density at radius 3 is 2.68 bits per heavy atom. The molecular weight excluding hydrogens is 410 g/mol. The normalized spacial score (nSPS) is 10.5. The zero-order valence-corrected chi connectivity index (χ0v) is 15.9. The second-order valence-electron chi connectivity index (χ2n) is 5.11. The lowest BCUT2D eigenvalue weighted by Crippen LogP contribution is -2.42. The van der Waals surface area contributed by atoms with Crippen LogP contribution in [-0.4, -0.2) is 32.3 Å². The van der Waals surface area contributed by atoms with Crippen molar-refractivity contribution in [2.75, 3.05) is 5.75 Å².